The minimum absolute atomic E-state index is 0.367. The summed E-state index contributed by atoms with van der Waals surface area (Å²) in [5.74, 6) is 0.367. The maximum Gasteiger partial charge on any atom is 0.211 e. The molecule has 1 aliphatic rings. The highest BCUT2D eigenvalue weighted by molar-refractivity contribution is 9.10. The van der Waals surface area contributed by atoms with Gasteiger partial charge in [-0.05, 0) is 53.2 Å². The van der Waals surface area contributed by atoms with Crippen LogP contribution < -0.4 is 5.32 Å². The van der Waals surface area contributed by atoms with Gasteiger partial charge in [0.1, 0.15) is 0 Å². The zero-order valence-corrected chi connectivity index (χ0v) is 14.3. The van der Waals surface area contributed by atoms with Crippen LogP contribution in [0.3, 0.4) is 0 Å². The summed E-state index contributed by atoms with van der Waals surface area (Å²) in [6.07, 6.45) is 3.30. The second-order valence-electron chi connectivity index (χ2n) is 5.45. The molecule has 1 saturated heterocycles. The van der Waals surface area contributed by atoms with Crippen LogP contribution in [0.5, 0.6) is 0 Å². The maximum absolute atomic E-state index is 11.6. The molecule has 0 bridgehead atoms. The Morgan fingerprint density at radius 1 is 1.45 bits per heavy atom. The van der Waals surface area contributed by atoms with E-state index in [0.717, 1.165) is 29.5 Å². The normalized spacial score (nSPS) is 20.9. The number of aryl methyl sites for hydroxylation is 1. The van der Waals surface area contributed by atoms with Crippen molar-refractivity contribution in [2.24, 2.45) is 5.92 Å². The van der Waals surface area contributed by atoms with Crippen LogP contribution in [0.25, 0.3) is 0 Å². The predicted octanol–water partition coefficient (Wildman–Crippen LogP) is 2.84. The van der Waals surface area contributed by atoms with E-state index >= 15 is 0 Å². The fourth-order valence-corrected chi connectivity index (χ4v) is 3.88. The van der Waals surface area contributed by atoms with Gasteiger partial charge in [-0.25, -0.2) is 12.7 Å². The Kier molecular flexibility index (Phi) is 5.09. The summed E-state index contributed by atoms with van der Waals surface area (Å²) in [5, 5.41) is 3.43. The van der Waals surface area contributed by atoms with Gasteiger partial charge in [-0.3, -0.25) is 0 Å². The predicted molar refractivity (Wildman–Crippen MR) is 86.5 cm³/mol. The number of benzene rings is 1. The third-order valence-corrected chi connectivity index (χ3v) is 6.05. The molecule has 20 heavy (non-hydrogen) atoms. The first-order valence-corrected chi connectivity index (χ1v) is 9.46. The van der Waals surface area contributed by atoms with E-state index in [9.17, 15) is 8.42 Å². The summed E-state index contributed by atoms with van der Waals surface area (Å²) >= 11 is 3.58. The molecule has 1 aliphatic heterocycles. The van der Waals surface area contributed by atoms with Crippen LogP contribution in [0.2, 0.25) is 0 Å². The summed E-state index contributed by atoms with van der Waals surface area (Å²) in [4.78, 5) is 0. The van der Waals surface area contributed by atoms with Gasteiger partial charge in [0.15, 0.2) is 0 Å². The van der Waals surface area contributed by atoms with E-state index in [-0.39, 0.29) is 0 Å². The van der Waals surface area contributed by atoms with Crippen LogP contribution >= 0.6 is 15.9 Å². The monoisotopic (exact) mass is 360 g/mol. The first-order chi connectivity index (χ1) is 9.38. The molecule has 1 aromatic carbocycles. The zero-order chi connectivity index (χ0) is 14.8. The van der Waals surface area contributed by atoms with Crippen molar-refractivity contribution in [3.63, 3.8) is 0 Å². The molecule has 0 saturated carbocycles. The highest BCUT2D eigenvalue weighted by Gasteiger charge is 2.25. The summed E-state index contributed by atoms with van der Waals surface area (Å²) in [6.45, 7) is 4.13. The molecule has 0 radical (unpaired) electrons. The number of rotatable bonds is 4. The number of hydrogen-bond acceptors (Lipinski definition) is 3. The van der Waals surface area contributed by atoms with Crippen molar-refractivity contribution < 1.29 is 8.42 Å². The minimum atomic E-state index is -3.06. The van der Waals surface area contributed by atoms with E-state index in [1.54, 1.807) is 4.31 Å². The smallest absolute Gasteiger partial charge is 0.211 e. The van der Waals surface area contributed by atoms with Crippen molar-refractivity contribution in [3.8, 4) is 0 Å². The Labute approximate surface area is 129 Å². The Hall–Kier alpha value is -0.590. The molecule has 1 fully saturated rings. The average molecular weight is 361 g/mol. The van der Waals surface area contributed by atoms with Gasteiger partial charge in [0.05, 0.1) is 6.26 Å². The van der Waals surface area contributed by atoms with Gasteiger partial charge in [0.25, 0.3) is 0 Å². The van der Waals surface area contributed by atoms with E-state index in [4.69, 9.17) is 0 Å². The molecule has 112 valence electrons. The number of piperidine rings is 1. The quantitative estimate of drug-likeness (QED) is 0.897. The van der Waals surface area contributed by atoms with Gasteiger partial charge in [0.2, 0.25) is 10.0 Å². The van der Waals surface area contributed by atoms with Crippen molar-refractivity contribution >= 4 is 31.6 Å². The third kappa shape index (κ3) is 3.96. The molecule has 1 N–H and O–H groups in total. The van der Waals surface area contributed by atoms with Gasteiger partial charge in [-0.15, -0.1) is 0 Å². The lowest BCUT2D eigenvalue weighted by Crippen LogP contribution is -2.41. The van der Waals surface area contributed by atoms with Crippen LogP contribution in [0, 0.1) is 12.8 Å². The van der Waals surface area contributed by atoms with Gasteiger partial charge in [0, 0.05) is 29.8 Å². The Morgan fingerprint density at radius 3 is 2.90 bits per heavy atom. The largest absolute Gasteiger partial charge is 0.384 e. The molecule has 1 unspecified atom stereocenters. The van der Waals surface area contributed by atoms with Crippen LogP contribution in [0.15, 0.2) is 22.7 Å². The molecule has 0 aliphatic carbocycles. The Balaban J connectivity index is 1.95. The van der Waals surface area contributed by atoms with E-state index in [1.807, 2.05) is 12.1 Å². The van der Waals surface area contributed by atoms with Crippen LogP contribution in [-0.2, 0) is 10.0 Å². The standard InChI is InChI=1S/C14H21BrN2O2S/c1-11-5-3-7-13(14(11)15)16-9-12-6-4-8-17(10-12)20(2,18)19/h3,5,7,12,16H,4,6,8-10H2,1-2H3. The fraction of sp³-hybridized carbons (Fsp3) is 0.571. The van der Waals surface area contributed by atoms with Crippen molar-refractivity contribution in [1.29, 1.82) is 0 Å². The van der Waals surface area contributed by atoms with Gasteiger partial charge < -0.3 is 5.32 Å². The first kappa shape index (κ1) is 15.8. The Bertz CT molecular complexity index is 575. The second kappa shape index (κ2) is 6.45. The number of nitrogens with one attached hydrogen (secondary N) is 1. The van der Waals surface area contributed by atoms with Gasteiger partial charge >= 0.3 is 0 Å². The number of hydrogen-bond donors (Lipinski definition) is 1. The van der Waals surface area contributed by atoms with Crippen molar-refractivity contribution in [3.05, 3.63) is 28.2 Å². The zero-order valence-electron chi connectivity index (χ0n) is 11.9. The molecule has 2 rings (SSSR count). The highest BCUT2D eigenvalue weighted by atomic mass is 79.9. The average Bonchev–Trinajstić information content (AvgIpc) is 2.40. The highest BCUT2D eigenvalue weighted by Crippen LogP contribution is 2.27. The lowest BCUT2D eigenvalue weighted by atomic mass is 9.99. The minimum Gasteiger partial charge on any atom is -0.384 e. The van der Waals surface area contributed by atoms with E-state index in [0.29, 0.717) is 19.0 Å². The fourth-order valence-electron chi connectivity index (χ4n) is 2.53. The van der Waals surface area contributed by atoms with E-state index in [2.05, 4.69) is 34.2 Å². The third-order valence-electron chi connectivity index (χ3n) is 3.72. The summed E-state index contributed by atoms with van der Waals surface area (Å²) in [6, 6.07) is 6.11. The van der Waals surface area contributed by atoms with Crippen molar-refractivity contribution in [2.45, 2.75) is 19.8 Å². The molecule has 0 amide bonds. The van der Waals surface area contributed by atoms with Crippen LogP contribution in [-0.4, -0.2) is 38.6 Å². The summed E-state index contributed by atoms with van der Waals surface area (Å²) < 4.78 is 25.9. The topological polar surface area (TPSA) is 49.4 Å². The molecular formula is C14H21BrN2O2S. The lowest BCUT2D eigenvalue weighted by molar-refractivity contribution is 0.277. The lowest BCUT2D eigenvalue weighted by Gasteiger charge is -2.31. The van der Waals surface area contributed by atoms with Crippen LogP contribution in [0.1, 0.15) is 18.4 Å². The van der Waals surface area contributed by atoms with Gasteiger partial charge in [-0.1, -0.05) is 12.1 Å². The molecule has 1 aromatic rings. The van der Waals surface area contributed by atoms with Crippen LogP contribution in [0.4, 0.5) is 5.69 Å². The van der Waals surface area contributed by atoms with E-state index < -0.39 is 10.0 Å². The molecule has 1 heterocycles. The maximum atomic E-state index is 11.6. The number of nitrogens with zero attached hydrogens (tertiary/aromatic N) is 1. The molecule has 4 nitrogen and oxygen atoms in total. The van der Waals surface area contributed by atoms with Crippen molar-refractivity contribution in [1.82, 2.24) is 4.31 Å². The molecule has 0 spiro atoms. The summed E-state index contributed by atoms with van der Waals surface area (Å²) in [5.41, 5.74) is 2.26. The molecular weight excluding hydrogens is 340 g/mol. The first-order valence-electron chi connectivity index (χ1n) is 6.82. The molecule has 0 aromatic heterocycles. The van der Waals surface area contributed by atoms with Gasteiger partial charge in [-0.2, -0.15) is 0 Å². The summed E-state index contributed by atoms with van der Waals surface area (Å²) in [7, 11) is -3.06. The SMILES string of the molecule is Cc1cccc(NCC2CCCN(S(C)(=O)=O)C2)c1Br. The molecule has 6 heteroatoms. The number of halogens is 1. The number of sulfonamides is 1. The number of anilines is 1. The molecule has 1 atom stereocenters. The second-order valence-corrected chi connectivity index (χ2v) is 8.22. The van der Waals surface area contributed by atoms with Crippen molar-refractivity contribution in [2.75, 3.05) is 31.2 Å². The Morgan fingerprint density at radius 2 is 2.20 bits per heavy atom. The van der Waals surface area contributed by atoms with E-state index in [1.165, 1.54) is 11.8 Å².